The van der Waals surface area contributed by atoms with Gasteiger partial charge in [0, 0.05) is 6.20 Å². The lowest BCUT2D eigenvalue weighted by atomic mass is 10.1. The molecule has 1 unspecified atom stereocenters. The molecule has 60 valence electrons. The Bertz CT molecular complexity index is 339. The molecule has 0 saturated carbocycles. The highest BCUT2D eigenvalue weighted by molar-refractivity contribution is 5.54. The number of allylic oxidation sites excluding steroid dienone is 2. The van der Waals surface area contributed by atoms with Crippen LogP contribution >= 0.6 is 0 Å². The standard InChI is InChI=1S/C10H10N2/c11-9-5-1-2-6-10-8(9)4-3-7-12-10/h1-7,9H,11H2. The van der Waals surface area contributed by atoms with E-state index >= 15 is 0 Å². The van der Waals surface area contributed by atoms with Gasteiger partial charge in [0.2, 0.25) is 0 Å². The summed E-state index contributed by atoms with van der Waals surface area (Å²) in [6.07, 6.45) is 9.62. The lowest BCUT2D eigenvalue weighted by molar-refractivity contribution is 0.899. The van der Waals surface area contributed by atoms with Gasteiger partial charge in [-0.1, -0.05) is 24.3 Å². The average molecular weight is 158 g/mol. The zero-order valence-corrected chi connectivity index (χ0v) is 6.64. The monoisotopic (exact) mass is 158 g/mol. The molecule has 0 saturated heterocycles. The van der Waals surface area contributed by atoms with Gasteiger partial charge in [-0.2, -0.15) is 0 Å². The molecule has 0 radical (unpaired) electrons. The number of hydrogen-bond donors (Lipinski definition) is 1. The normalized spacial score (nSPS) is 20.2. The second-order valence-corrected chi connectivity index (χ2v) is 2.75. The third kappa shape index (κ3) is 1.17. The first kappa shape index (κ1) is 7.25. The van der Waals surface area contributed by atoms with Gasteiger partial charge in [0.1, 0.15) is 0 Å². The molecule has 1 aliphatic carbocycles. The van der Waals surface area contributed by atoms with Crippen LogP contribution in [0.4, 0.5) is 0 Å². The second kappa shape index (κ2) is 2.91. The quantitative estimate of drug-likeness (QED) is 0.623. The Morgan fingerprint density at radius 1 is 1.33 bits per heavy atom. The number of fused-ring (bicyclic) bond motifs is 1. The maximum Gasteiger partial charge on any atom is 0.0680 e. The third-order valence-electron chi connectivity index (χ3n) is 1.91. The van der Waals surface area contributed by atoms with Crippen LogP contribution in [0, 0.1) is 0 Å². The summed E-state index contributed by atoms with van der Waals surface area (Å²) in [5.74, 6) is 0. The van der Waals surface area contributed by atoms with Crippen molar-refractivity contribution in [2.45, 2.75) is 6.04 Å². The second-order valence-electron chi connectivity index (χ2n) is 2.75. The molecule has 0 bridgehead atoms. The highest BCUT2D eigenvalue weighted by Crippen LogP contribution is 2.18. The third-order valence-corrected chi connectivity index (χ3v) is 1.91. The molecule has 12 heavy (non-hydrogen) atoms. The fourth-order valence-electron chi connectivity index (χ4n) is 1.29. The number of hydrogen-bond acceptors (Lipinski definition) is 2. The molecule has 1 heterocycles. The maximum atomic E-state index is 5.88. The Hall–Kier alpha value is -1.41. The molecule has 0 aliphatic heterocycles. The zero-order chi connectivity index (χ0) is 8.39. The molecule has 0 spiro atoms. The van der Waals surface area contributed by atoms with E-state index in [0.29, 0.717) is 0 Å². The molecular formula is C10H10N2. The Morgan fingerprint density at radius 3 is 3.17 bits per heavy atom. The summed E-state index contributed by atoms with van der Waals surface area (Å²) in [6, 6.07) is 3.89. The van der Waals surface area contributed by atoms with Crippen molar-refractivity contribution in [3.05, 3.63) is 47.8 Å². The predicted molar refractivity (Wildman–Crippen MR) is 49.3 cm³/mol. The fourth-order valence-corrected chi connectivity index (χ4v) is 1.29. The molecule has 1 aromatic heterocycles. The number of nitrogens with zero attached hydrogens (tertiary/aromatic N) is 1. The summed E-state index contributed by atoms with van der Waals surface area (Å²) < 4.78 is 0. The molecular weight excluding hydrogens is 148 g/mol. The number of nitrogens with two attached hydrogens (primary N) is 1. The lowest BCUT2D eigenvalue weighted by Gasteiger charge is -2.07. The van der Waals surface area contributed by atoms with Gasteiger partial charge in [-0.25, -0.2) is 0 Å². The van der Waals surface area contributed by atoms with Crippen LogP contribution in [0.25, 0.3) is 6.08 Å². The van der Waals surface area contributed by atoms with Crippen molar-refractivity contribution >= 4 is 6.08 Å². The van der Waals surface area contributed by atoms with Crippen molar-refractivity contribution in [2.75, 3.05) is 0 Å². The summed E-state index contributed by atoms with van der Waals surface area (Å²) in [5.41, 5.74) is 7.93. The maximum absolute atomic E-state index is 5.88. The van der Waals surface area contributed by atoms with Crippen LogP contribution < -0.4 is 5.73 Å². The lowest BCUT2D eigenvalue weighted by Crippen LogP contribution is -2.08. The van der Waals surface area contributed by atoms with Crippen LogP contribution in [-0.4, -0.2) is 4.98 Å². The molecule has 2 nitrogen and oxygen atoms in total. The zero-order valence-electron chi connectivity index (χ0n) is 6.64. The molecule has 2 heteroatoms. The molecule has 1 aliphatic rings. The van der Waals surface area contributed by atoms with Crippen LogP contribution in [0.2, 0.25) is 0 Å². The first-order valence-electron chi connectivity index (χ1n) is 3.93. The summed E-state index contributed by atoms with van der Waals surface area (Å²) in [7, 11) is 0. The van der Waals surface area contributed by atoms with E-state index in [2.05, 4.69) is 4.98 Å². The minimum Gasteiger partial charge on any atom is -0.321 e. The summed E-state index contributed by atoms with van der Waals surface area (Å²) in [6.45, 7) is 0. The van der Waals surface area contributed by atoms with Crippen molar-refractivity contribution in [1.29, 1.82) is 0 Å². The molecule has 0 fully saturated rings. The van der Waals surface area contributed by atoms with Gasteiger partial charge < -0.3 is 5.73 Å². The van der Waals surface area contributed by atoms with Crippen molar-refractivity contribution < 1.29 is 0 Å². The minimum absolute atomic E-state index is 0.0244. The van der Waals surface area contributed by atoms with Crippen LogP contribution in [-0.2, 0) is 0 Å². The summed E-state index contributed by atoms with van der Waals surface area (Å²) in [4.78, 5) is 4.22. The molecule has 2 N–H and O–H groups in total. The minimum atomic E-state index is -0.0244. The van der Waals surface area contributed by atoms with Crippen molar-refractivity contribution in [3.63, 3.8) is 0 Å². The average Bonchev–Trinajstić information content (AvgIpc) is 2.29. The fraction of sp³-hybridized carbons (Fsp3) is 0.100. The number of pyridine rings is 1. The van der Waals surface area contributed by atoms with Crippen LogP contribution in [0.5, 0.6) is 0 Å². The molecule has 1 aromatic rings. The van der Waals surface area contributed by atoms with Gasteiger partial charge in [-0.15, -0.1) is 0 Å². The van der Waals surface area contributed by atoms with Crippen LogP contribution in [0.3, 0.4) is 0 Å². The largest absolute Gasteiger partial charge is 0.321 e. The van der Waals surface area contributed by atoms with E-state index in [1.54, 1.807) is 6.20 Å². The van der Waals surface area contributed by atoms with E-state index in [-0.39, 0.29) is 6.04 Å². The smallest absolute Gasteiger partial charge is 0.0680 e. The van der Waals surface area contributed by atoms with Gasteiger partial charge in [0.15, 0.2) is 0 Å². The Balaban J connectivity index is 2.56. The first-order chi connectivity index (χ1) is 5.88. The Labute approximate surface area is 71.4 Å². The summed E-state index contributed by atoms with van der Waals surface area (Å²) >= 11 is 0. The Kier molecular flexibility index (Phi) is 1.76. The summed E-state index contributed by atoms with van der Waals surface area (Å²) in [5, 5.41) is 0. The van der Waals surface area contributed by atoms with Crippen molar-refractivity contribution in [3.8, 4) is 0 Å². The number of rotatable bonds is 0. The topological polar surface area (TPSA) is 38.9 Å². The van der Waals surface area contributed by atoms with Gasteiger partial charge in [-0.05, 0) is 17.7 Å². The molecule has 1 atom stereocenters. The van der Waals surface area contributed by atoms with Crippen molar-refractivity contribution in [2.24, 2.45) is 5.73 Å². The highest BCUT2D eigenvalue weighted by Gasteiger charge is 2.07. The van der Waals surface area contributed by atoms with E-state index in [1.807, 2.05) is 36.4 Å². The van der Waals surface area contributed by atoms with E-state index in [0.717, 1.165) is 11.3 Å². The predicted octanol–water partition coefficient (Wildman–Crippen LogP) is 1.66. The molecule has 2 rings (SSSR count). The number of aromatic nitrogens is 1. The van der Waals surface area contributed by atoms with E-state index in [1.165, 1.54) is 0 Å². The van der Waals surface area contributed by atoms with Crippen LogP contribution in [0.1, 0.15) is 17.3 Å². The SMILES string of the molecule is NC1C=CC=Cc2ncccc21. The van der Waals surface area contributed by atoms with Crippen LogP contribution in [0.15, 0.2) is 36.6 Å². The van der Waals surface area contributed by atoms with Gasteiger partial charge in [0.25, 0.3) is 0 Å². The van der Waals surface area contributed by atoms with Gasteiger partial charge in [0.05, 0.1) is 11.7 Å². The first-order valence-corrected chi connectivity index (χ1v) is 3.93. The van der Waals surface area contributed by atoms with Gasteiger partial charge in [-0.3, -0.25) is 4.98 Å². The van der Waals surface area contributed by atoms with E-state index < -0.39 is 0 Å². The van der Waals surface area contributed by atoms with E-state index in [4.69, 9.17) is 5.73 Å². The highest BCUT2D eigenvalue weighted by atomic mass is 14.7. The van der Waals surface area contributed by atoms with Crippen molar-refractivity contribution in [1.82, 2.24) is 4.98 Å². The van der Waals surface area contributed by atoms with E-state index in [9.17, 15) is 0 Å². The molecule has 0 aromatic carbocycles. The molecule has 0 amide bonds. The Morgan fingerprint density at radius 2 is 2.25 bits per heavy atom. The van der Waals surface area contributed by atoms with Gasteiger partial charge >= 0.3 is 0 Å².